The molecule has 0 amide bonds. The SMILES string of the molecule is Cc1ccccc1-c1nc(NS(=O)(=O)c2cccc(N3CC[C@H](N)C3)n2)ccc1C(F)(F)F. The Kier molecular flexibility index (Phi) is 6.02. The highest BCUT2D eigenvalue weighted by Crippen LogP contribution is 2.38. The van der Waals surface area contributed by atoms with Crippen molar-refractivity contribution in [3.05, 3.63) is 65.7 Å². The minimum Gasteiger partial charge on any atom is -0.355 e. The first-order valence-corrected chi connectivity index (χ1v) is 11.7. The molecule has 0 saturated carbocycles. The molecule has 1 saturated heterocycles. The molecular weight excluding hydrogens is 455 g/mol. The molecule has 1 fully saturated rings. The summed E-state index contributed by atoms with van der Waals surface area (Å²) < 4.78 is 69.0. The minimum absolute atomic E-state index is 0.0126. The van der Waals surface area contributed by atoms with E-state index < -0.39 is 21.8 Å². The second-order valence-corrected chi connectivity index (χ2v) is 9.47. The molecule has 1 aliphatic rings. The standard InChI is InChI=1S/C22H22F3N5O2S/c1-14-5-2-3-6-16(14)21-17(22(23,24)25)9-10-18(27-21)29-33(31,32)20-8-4-7-19(28-20)30-12-11-15(26)13-30/h2-10,15H,11-13,26H2,1H3,(H,27,29)/t15-/m0/s1. The maximum atomic E-state index is 13.6. The summed E-state index contributed by atoms with van der Waals surface area (Å²) in [5, 5.41) is -0.264. The number of sulfonamides is 1. The van der Waals surface area contributed by atoms with E-state index in [-0.39, 0.29) is 28.1 Å². The van der Waals surface area contributed by atoms with Crippen molar-refractivity contribution in [1.29, 1.82) is 0 Å². The summed E-state index contributed by atoms with van der Waals surface area (Å²) in [6.07, 6.45) is -3.89. The van der Waals surface area contributed by atoms with Crippen molar-refractivity contribution in [3.63, 3.8) is 0 Å². The summed E-state index contributed by atoms with van der Waals surface area (Å²) in [6, 6.07) is 12.8. The largest absolute Gasteiger partial charge is 0.418 e. The van der Waals surface area contributed by atoms with Crippen molar-refractivity contribution in [2.75, 3.05) is 22.7 Å². The Morgan fingerprint density at radius 1 is 1.06 bits per heavy atom. The van der Waals surface area contributed by atoms with Gasteiger partial charge in [-0.1, -0.05) is 30.3 Å². The van der Waals surface area contributed by atoms with E-state index in [1.165, 1.54) is 12.1 Å². The first kappa shape index (κ1) is 23.0. The molecule has 0 unspecified atom stereocenters. The lowest BCUT2D eigenvalue weighted by Gasteiger charge is -2.18. The molecule has 1 aromatic carbocycles. The molecule has 3 aromatic rings. The van der Waals surface area contributed by atoms with Crippen LogP contribution in [-0.4, -0.2) is 37.5 Å². The van der Waals surface area contributed by atoms with Gasteiger partial charge in [0.15, 0.2) is 5.03 Å². The van der Waals surface area contributed by atoms with Gasteiger partial charge in [-0.05, 0) is 43.2 Å². The third kappa shape index (κ3) is 4.93. The molecule has 7 nitrogen and oxygen atoms in total. The first-order chi connectivity index (χ1) is 15.5. The quantitative estimate of drug-likeness (QED) is 0.580. The van der Waals surface area contributed by atoms with Crippen LogP contribution in [0.5, 0.6) is 0 Å². The number of hydrogen-bond acceptors (Lipinski definition) is 6. The summed E-state index contributed by atoms with van der Waals surface area (Å²) >= 11 is 0. The molecule has 0 bridgehead atoms. The fourth-order valence-electron chi connectivity index (χ4n) is 3.70. The maximum Gasteiger partial charge on any atom is 0.418 e. The lowest BCUT2D eigenvalue weighted by molar-refractivity contribution is -0.137. The molecular formula is C22H22F3N5O2S. The fraction of sp³-hybridized carbons (Fsp3) is 0.273. The number of nitrogens with two attached hydrogens (primary N) is 1. The number of nitrogens with zero attached hydrogens (tertiary/aromatic N) is 3. The van der Waals surface area contributed by atoms with Crippen LogP contribution in [0.3, 0.4) is 0 Å². The van der Waals surface area contributed by atoms with E-state index in [0.29, 0.717) is 24.5 Å². The Balaban J connectivity index is 1.69. The minimum atomic E-state index is -4.66. The molecule has 1 atom stereocenters. The maximum absolute atomic E-state index is 13.6. The normalized spacial score (nSPS) is 16.8. The zero-order valence-electron chi connectivity index (χ0n) is 17.7. The number of aryl methyl sites for hydroxylation is 1. The van der Waals surface area contributed by atoms with Crippen LogP contribution in [0.2, 0.25) is 0 Å². The van der Waals surface area contributed by atoms with Gasteiger partial charge in [-0.15, -0.1) is 0 Å². The Bertz CT molecular complexity index is 1280. The monoisotopic (exact) mass is 477 g/mol. The van der Waals surface area contributed by atoms with Gasteiger partial charge in [0.05, 0.1) is 11.3 Å². The first-order valence-electron chi connectivity index (χ1n) is 10.2. The molecule has 4 rings (SSSR count). The number of nitrogens with one attached hydrogen (secondary N) is 1. The Labute approximate surface area is 189 Å². The zero-order valence-corrected chi connectivity index (χ0v) is 18.5. The van der Waals surface area contributed by atoms with E-state index in [9.17, 15) is 21.6 Å². The Morgan fingerprint density at radius 3 is 2.48 bits per heavy atom. The Hall–Kier alpha value is -3.18. The highest BCUT2D eigenvalue weighted by atomic mass is 32.2. The number of alkyl halides is 3. The zero-order chi connectivity index (χ0) is 23.8. The summed E-state index contributed by atoms with van der Waals surface area (Å²) in [6.45, 7) is 2.88. The summed E-state index contributed by atoms with van der Waals surface area (Å²) in [4.78, 5) is 10.1. The lowest BCUT2D eigenvalue weighted by Crippen LogP contribution is -2.27. The predicted octanol–water partition coefficient (Wildman–Crippen LogP) is 3.81. The second kappa shape index (κ2) is 8.64. The molecule has 1 aliphatic heterocycles. The van der Waals surface area contributed by atoms with Gasteiger partial charge < -0.3 is 10.6 Å². The van der Waals surface area contributed by atoms with Crippen molar-refractivity contribution in [3.8, 4) is 11.3 Å². The van der Waals surface area contributed by atoms with Gasteiger partial charge in [-0.3, -0.25) is 4.72 Å². The van der Waals surface area contributed by atoms with Gasteiger partial charge >= 0.3 is 6.18 Å². The fourth-order valence-corrected chi connectivity index (χ4v) is 4.67. The van der Waals surface area contributed by atoms with E-state index in [1.54, 1.807) is 37.3 Å². The summed E-state index contributed by atoms with van der Waals surface area (Å²) in [7, 11) is -4.20. The van der Waals surface area contributed by atoms with Crippen molar-refractivity contribution in [1.82, 2.24) is 9.97 Å². The van der Waals surface area contributed by atoms with Crippen LogP contribution in [-0.2, 0) is 16.2 Å². The topological polar surface area (TPSA) is 101 Å². The van der Waals surface area contributed by atoms with Crippen molar-refractivity contribution < 1.29 is 21.6 Å². The van der Waals surface area contributed by atoms with Gasteiger partial charge in [0.2, 0.25) is 0 Å². The second-order valence-electron chi connectivity index (χ2n) is 7.84. The number of halogens is 3. The molecule has 174 valence electrons. The van der Waals surface area contributed by atoms with Crippen LogP contribution < -0.4 is 15.4 Å². The molecule has 0 spiro atoms. The summed E-state index contributed by atoms with van der Waals surface area (Å²) in [5.74, 6) is 0.225. The number of rotatable bonds is 5. The number of hydrogen-bond donors (Lipinski definition) is 2. The smallest absolute Gasteiger partial charge is 0.355 e. The third-order valence-electron chi connectivity index (χ3n) is 5.37. The molecule has 11 heteroatoms. The van der Waals surface area contributed by atoms with Gasteiger partial charge in [0.1, 0.15) is 11.6 Å². The van der Waals surface area contributed by atoms with Crippen molar-refractivity contribution >= 4 is 21.7 Å². The van der Waals surface area contributed by atoms with E-state index >= 15 is 0 Å². The van der Waals surface area contributed by atoms with Crippen LogP contribution in [0.15, 0.2) is 59.6 Å². The van der Waals surface area contributed by atoms with Crippen LogP contribution in [0.25, 0.3) is 11.3 Å². The number of anilines is 2. The van der Waals surface area contributed by atoms with Crippen LogP contribution in [0.1, 0.15) is 17.5 Å². The van der Waals surface area contributed by atoms with Gasteiger partial charge in [0, 0.05) is 24.7 Å². The molecule has 33 heavy (non-hydrogen) atoms. The number of aromatic nitrogens is 2. The Morgan fingerprint density at radius 2 is 1.82 bits per heavy atom. The average molecular weight is 478 g/mol. The van der Waals surface area contributed by atoms with Crippen LogP contribution >= 0.6 is 0 Å². The molecule has 0 aliphatic carbocycles. The highest BCUT2D eigenvalue weighted by molar-refractivity contribution is 7.92. The van der Waals surface area contributed by atoms with Crippen molar-refractivity contribution in [2.24, 2.45) is 5.73 Å². The molecule has 2 aromatic heterocycles. The van der Waals surface area contributed by atoms with Gasteiger partial charge in [-0.25, -0.2) is 9.97 Å². The molecule has 3 N–H and O–H groups in total. The average Bonchev–Trinajstić information content (AvgIpc) is 3.19. The third-order valence-corrected chi connectivity index (χ3v) is 6.63. The highest BCUT2D eigenvalue weighted by Gasteiger charge is 2.35. The van der Waals surface area contributed by atoms with Crippen molar-refractivity contribution in [2.45, 2.75) is 30.6 Å². The van der Waals surface area contributed by atoms with Crippen LogP contribution in [0.4, 0.5) is 24.8 Å². The lowest BCUT2D eigenvalue weighted by atomic mass is 10.0. The van der Waals surface area contributed by atoms with E-state index in [4.69, 9.17) is 5.73 Å². The predicted molar refractivity (Wildman–Crippen MR) is 119 cm³/mol. The summed E-state index contributed by atoms with van der Waals surface area (Å²) in [5.41, 5.74) is 5.45. The van der Waals surface area contributed by atoms with Gasteiger partial charge in [0.25, 0.3) is 10.0 Å². The van der Waals surface area contributed by atoms with Crippen LogP contribution in [0, 0.1) is 6.92 Å². The number of pyridine rings is 2. The number of benzene rings is 1. The van der Waals surface area contributed by atoms with E-state index in [2.05, 4.69) is 14.7 Å². The molecule has 0 radical (unpaired) electrons. The van der Waals surface area contributed by atoms with Gasteiger partial charge in [-0.2, -0.15) is 21.6 Å². The van der Waals surface area contributed by atoms with E-state index in [1.807, 2.05) is 4.90 Å². The van der Waals surface area contributed by atoms with E-state index in [0.717, 1.165) is 18.6 Å². The molecule has 3 heterocycles.